The summed E-state index contributed by atoms with van der Waals surface area (Å²) in [5.74, 6) is -0.803. The van der Waals surface area contributed by atoms with Gasteiger partial charge >= 0.3 is 0 Å². The van der Waals surface area contributed by atoms with Gasteiger partial charge in [-0.15, -0.1) is 0 Å². The molecule has 1 aromatic rings. The minimum atomic E-state index is -3.84. The second-order valence-corrected chi connectivity index (χ2v) is 7.57. The Bertz CT molecular complexity index is 589. The number of rotatable bonds is 6. The van der Waals surface area contributed by atoms with Crippen molar-refractivity contribution in [2.75, 3.05) is 19.6 Å². The van der Waals surface area contributed by atoms with Crippen LogP contribution in [0.2, 0.25) is 5.02 Å². The fraction of sp³-hybridized carbons (Fsp3) is 0.571. The summed E-state index contributed by atoms with van der Waals surface area (Å²) < 4.78 is 40.6. The van der Waals surface area contributed by atoms with Crippen LogP contribution in [0.15, 0.2) is 23.1 Å². The molecular formula is C14H20ClFN2O2S. The van der Waals surface area contributed by atoms with E-state index in [-0.39, 0.29) is 16.0 Å². The van der Waals surface area contributed by atoms with Crippen molar-refractivity contribution in [1.29, 1.82) is 0 Å². The molecule has 1 aromatic carbocycles. The Morgan fingerprint density at radius 1 is 1.48 bits per heavy atom. The quantitative estimate of drug-likeness (QED) is 0.870. The molecule has 0 aliphatic carbocycles. The summed E-state index contributed by atoms with van der Waals surface area (Å²) in [5, 5.41) is 3.46. The van der Waals surface area contributed by atoms with Crippen molar-refractivity contribution in [3.05, 3.63) is 29.0 Å². The zero-order chi connectivity index (χ0) is 15.5. The monoisotopic (exact) mass is 334 g/mol. The summed E-state index contributed by atoms with van der Waals surface area (Å²) in [5.41, 5.74) is 0. The lowest BCUT2D eigenvalue weighted by molar-refractivity contribution is 0.367. The fourth-order valence-electron chi connectivity index (χ4n) is 2.54. The first-order valence-corrected chi connectivity index (χ1v) is 8.95. The normalized spacial score (nSPS) is 19.3. The van der Waals surface area contributed by atoms with Crippen molar-refractivity contribution in [3.63, 3.8) is 0 Å². The molecule has 1 N–H and O–H groups in total. The number of sulfonamides is 1. The van der Waals surface area contributed by atoms with Crippen LogP contribution in [0.25, 0.3) is 0 Å². The van der Waals surface area contributed by atoms with Gasteiger partial charge < -0.3 is 5.32 Å². The molecule has 0 radical (unpaired) electrons. The molecule has 1 heterocycles. The summed E-state index contributed by atoms with van der Waals surface area (Å²) in [6.45, 7) is 3.56. The van der Waals surface area contributed by atoms with Crippen LogP contribution in [0, 0.1) is 5.82 Å². The van der Waals surface area contributed by atoms with E-state index in [2.05, 4.69) is 5.32 Å². The Hall–Kier alpha value is -0.690. The first-order valence-electron chi connectivity index (χ1n) is 7.13. The predicted molar refractivity (Wildman–Crippen MR) is 81.5 cm³/mol. The average molecular weight is 335 g/mol. The Morgan fingerprint density at radius 3 is 2.81 bits per heavy atom. The molecule has 4 nitrogen and oxygen atoms in total. The van der Waals surface area contributed by atoms with E-state index in [4.69, 9.17) is 11.6 Å². The van der Waals surface area contributed by atoms with Crippen LogP contribution in [0.3, 0.4) is 0 Å². The summed E-state index contributed by atoms with van der Waals surface area (Å²) in [6, 6.07) is 3.81. The standard InChI is InChI=1S/C14H20ClFN2O2S/c1-2-8-18(10-12-4-3-7-17-12)21(19,20)14-6-5-11(15)9-13(14)16/h5-6,9,12,17H,2-4,7-8,10H2,1H3. The zero-order valence-electron chi connectivity index (χ0n) is 12.0. The van der Waals surface area contributed by atoms with Gasteiger partial charge in [0, 0.05) is 24.2 Å². The third-order valence-corrected chi connectivity index (χ3v) is 5.70. The second kappa shape index (κ2) is 7.05. The number of nitrogens with zero attached hydrogens (tertiary/aromatic N) is 1. The molecule has 1 atom stereocenters. The van der Waals surface area contributed by atoms with E-state index in [0.717, 1.165) is 25.5 Å². The second-order valence-electron chi connectivity index (χ2n) is 5.23. The molecule has 1 saturated heterocycles. The van der Waals surface area contributed by atoms with E-state index >= 15 is 0 Å². The first-order chi connectivity index (χ1) is 9.95. The molecule has 0 amide bonds. The van der Waals surface area contributed by atoms with E-state index in [0.29, 0.717) is 19.5 Å². The minimum Gasteiger partial charge on any atom is -0.313 e. The Balaban J connectivity index is 2.27. The van der Waals surface area contributed by atoms with Gasteiger partial charge in [0.2, 0.25) is 10.0 Å². The predicted octanol–water partition coefficient (Wildman–Crippen LogP) is 2.63. The summed E-state index contributed by atoms with van der Waals surface area (Å²) in [4.78, 5) is -0.307. The van der Waals surface area contributed by atoms with Gasteiger partial charge in [-0.2, -0.15) is 4.31 Å². The molecule has 1 unspecified atom stereocenters. The van der Waals surface area contributed by atoms with Crippen LogP contribution in [0.1, 0.15) is 26.2 Å². The molecule has 1 aliphatic rings. The maximum atomic E-state index is 14.0. The van der Waals surface area contributed by atoms with Crippen LogP contribution in [0.5, 0.6) is 0 Å². The first kappa shape index (κ1) is 16.7. The maximum absolute atomic E-state index is 14.0. The molecular weight excluding hydrogens is 315 g/mol. The number of nitrogens with one attached hydrogen (secondary N) is 1. The third-order valence-electron chi connectivity index (χ3n) is 3.57. The largest absolute Gasteiger partial charge is 0.313 e. The lowest BCUT2D eigenvalue weighted by Gasteiger charge is -2.25. The van der Waals surface area contributed by atoms with Gasteiger partial charge in [-0.3, -0.25) is 0 Å². The van der Waals surface area contributed by atoms with Crippen LogP contribution >= 0.6 is 11.6 Å². The molecule has 21 heavy (non-hydrogen) atoms. The van der Waals surface area contributed by atoms with Crippen molar-refractivity contribution >= 4 is 21.6 Å². The van der Waals surface area contributed by atoms with E-state index in [9.17, 15) is 12.8 Å². The van der Waals surface area contributed by atoms with Gasteiger partial charge in [-0.05, 0) is 44.0 Å². The van der Waals surface area contributed by atoms with Gasteiger partial charge in [0.15, 0.2) is 0 Å². The lowest BCUT2D eigenvalue weighted by atomic mass is 10.2. The van der Waals surface area contributed by atoms with Gasteiger partial charge in [0.1, 0.15) is 10.7 Å². The van der Waals surface area contributed by atoms with E-state index in [1.54, 1.807) is 0 Å². The molecule has 1 fully saturated rings. The van der Waals surface area contributed by atoms with E-state index in [1.807, 2.05) is 6.92 Å². The van der Waals surface area contributed by atoms with Crippen molar-refractivity contribution < 1.29 is 12.8 Å². The topological polar surface area (TPSA) is 49.4 Å². The highest BCUT2D eigenvalue weighted by atomic mass is 35.5. The molecule has 1 aliphatic heterocycles. The highest BCUT2D eigenvalue weighted by molar-refractivity contribution is 7.89. The molecule has 0 spiro atoms. The Kier molecular flexibility index (Phi) is 5.60. The SMILES string of the molecule is CCCN(CC1CCCN1)S(=O)(=O)c1ccc(Cl)cc1F. The lowest BCUT2D eigenvalue weighted by Crippen LogP contribution is -2.41. The summed E-state index contributed by atoms with van der Waals surface area (Å²) in [6.07, 6.45) is 2.67. The van der Waals surface area contributed by atoms with E-state index in [1.165, 1.54) is 16.4 Å². The maximum Gasteiger partial charge on any atom is 0.246 e. The fourth-order valence-corrected chi connectivity index (χ4v) is 4.32. The van der Waals surface area contributed by atoms with Crippen LogP contribution in [-0.2, 0) is 10.0 Å². The molecule has 7 heteroatoms. The van der Waals surface area contributed by atoms with Crippen LogP contribution in [-0.4, -0.2) is 38.4 Å². The number of hydrogen-bond acceptors (Lipinski definition) is 3. The van der Waals surface area contributed by atoms with Crippen molar-refractivity contribution in [3.8, 4) is 0 Å². The van der Waals surface area contributed by atoms with Crippen molar-refractivity contribution in [2.24, 2.45) is 0 Å². The Morgan fingerprint density at radius 2 is 2.24 bits per heavy atom. The smallest absolute Gasteiger partial charge is 0.246 e. The molecule has 0 aromatic heterocycles. The number of halogens is 2. The summed E-state index contributed by atoms with van der Waals surface area (Å²) >= 11 is 5.69. The molecule has 2 rings (SSSR count). The number of benzene rings is 1. The van der Waals surface area contributed by atoms with E-state index < -0.39 is 15.8 Å². The van der Waals surface area contributed by atoms with Crippen LogP contribution in [0.4, 0.5) is 4.39 Å². The van der Waals surface area contributed by atoms with Crippen molar-refractivity contribution in [2.45, 2.75) is 37.1 Å². The highest BCUT2D eigenvalue weighted by Crippen LogP contribution is 2.23. The molecule has 0 saturated carbocycles. The van der Waals surface area contributed by atoms with Crippen LogP contribution < -0.4 is 5.32 Å². The number of hydrogen-bond donors (Lipinski definition) is 1. The van der Waals surface area contributed by atoms with Crippen molar-refractivity contribution in [1.82, 2.24) is 9.62 Å². The zero-order valence-corrected chi connectivity index (χ0v) is 13.6. The van der Waals surface area contributed by atoms with Gasteiger partial charge in [-0.1, -0.05) is 18.5 Å². The average Bonchev–Trinajstić information content (AvgIpc) is 2.90. The molecule has 118 valence electrons. The van der Waals surface area contributed by atoms with Gasteiger partial charge in [-0.25, -0.2) is 12.8 Å². The van der Waals surface area contributed by atoms with Gasteiger partial charge in [0.25, 0.3) is 0 Å². The minimum absolute atomic E-state index is 0.140. The third kappa shape index (κ3) is 3.94. The Labute approximate surface area is 130 Å². The molecule has 0 bridgehead atoms. The van der Waals surface area contributed by atoms with Gasteiger partial charge in [0.05, 0.1) is 0 Å². The summed E-state index contributed by atoms with van der Waals surface area (Å²) in [7, 11) is -3.84. The highest BCUT2D eigenvalue weighted by Gasteiger charge is 2.29.